The number of imidazole rings is 1. The molecule has 9 nitrogen and oxygen atoms in total. The molecule has 2 aromatic rings. The van der Waals surface area contributed by atoms with Crippen molar-refractivity contribution in [2.24, 2.45) is 0 Å². The second kappa shape index (κ2) is 5.89. The topological polar surface area (TPSA) is 118 Å². The maximum Gasteiger partial charge on any atom is 0.435 e. The Balaban J connectivity index is 2.83. The van der Waals surface area contributed by atoms with Crippen molar-refractivity contribution in [3.05, 3.63) is 11.9 Å². The van der Waals surface area contributed by atoms with E-state index in [1.165, 1.54) is 6.92 Å². The van der Waals surface area contributed by atoms with E-state index in [0.717, 1.165) is 11.2 Å². The Morgan fingerprint density at radius 2 is 2.04 bits per heavy atom. The van der Waals surface area contributed by atoms with Crippen molar-refractivity contribution in [2.75, 3.05) is 24.2 Å². The molecular formula is C11H12F3N5O4S. The summed E-state index contributed by atoms with van der Waals surface area (Å²) in [6.45, 7) is 0.992. The van der Waals surface area contributed by atoms with Gasteiger partial charge in [-0.15, -0.1) is 5.10 Å². The Morgan fingerprint density at radius 3 is 2.50 bits per heavy atom. The predicted octanol–water partition coefficient (Wildman–Crippen LogP) is 0.457. The minimum atomic E-state index is -4.83. The largest absolute Gasteiger partial charge is 0.480 e. The van der Waals surface area contributed by atoms with Crippen LogP contribution in [0.4, 0.5) is 19.0 Å². The van der Waals surface area contributed by atoms with E-state index < -0.39 is 45.0 Å². The SMILES string of the molecule is CCN(CC(=O)O)c1nc(S(C)(=O)=O)nn2c(C(F)(F)F)cnc12. The lowest BCUT2D eigenvalue weighted by Gasteiger charge is -2.20. The zero-order chi connectivity index (χ0) is 18.3. The van der Waals surface area contributed by atoms with Crippen molar-refractivity contribution in [3.63, 3.8) is 0 Å². The Hall–Kier alpha value is -2.44. The Labute approximate surface area is 133 Å². The van der Waals surface area contributed by atoms with Crippen LogP contribution in [0.15, 0.2) is 11.4 Å². The molecule has 0 amide bonds. The molecule has 0 fully saturated rings. The van der Waals surface area contributed by atoms with Crippen LogP contribution in [0.1, 0.15) is 12.6 Å². The van der Waals surface area contributed by atoms with Crippen LogP contribution < -0.4 is 4.90 Å². The molecule has 132 valence electrons. The molecule has 0 aromatic carbocycles. The van der Waals surface area contributed by atoms with Gasteiger partial charge in [0.05, 0.1) is 6.20 Å². The summed E-state index contributed by atoms with van der Waals surface area (Å²) >= 11 is 0. The second-order valence-corrected chi connectivity index (χ2v) is 6.68. The molecule has 2 rings (SSSR count). The molecular weight excluding hydrogens is 355 g/mol. The van der Waals surface area contributed by atoms with E-state index in [-0.39, 0.29) is 12.4 Å². The zero-order valence-electron chi connectivity index (χ0n) is 12.4. The van der Waals surface area contributed by atoms with Crippen molar-refractivity contribution in [1.82, 2.24) is 19.6 Å². The summed E-state index contributed by atoms with van der Waals surface area (Å²) in [5.41, 5.74) is -1.68. The number of aromatic nitrogens is 4. The molecule has 0 aliphatic heterocycles. The molecule has 0 saturated heterocycles. The van der Waals surface area contributed by atoms with Gasteiger partial charge in [0, 0.05) is 12.8 Å². The Morgan fingerprint density at radius 1 is 1.42 bits per heavy atom. The lowest BCUT2D eigenvalue weighted by atomic mass is 10.4. The molecule has 13 heteroatoms. The third kappa shape index (κ3) is 3.39. The summed E-state index contributed by atoms with van der Waals surface area (Å²) in [6.07, 6.45) is -3.62. The molecule has 0 unspecified atom stereocenters. The number of alkyl halides is 3. The van der Waals surface area contributed by atoms with Crippen LogP contribution in [0.25, 0.3) is 5.65 Å². The van der Waals surface area contributed by atoms with Crippen LogP contribution in [-0.4, -0.2) is 58.4 Å². The fourth-order valence-corrected chi connectivity index (χ4v) is 2.39. The summed E-state index contributed by atoms with van der Waals surface area (Å²) in [5.74, 6) is -1.58. The number of hydrogen-bond acceptors (Lipinski definition) is 7. The fourth-order valence-electron chi connectivity index (χ4n) is 1.91. The molecule has 24 heavy (non-hydrogen) atoms. The number of anilines is 1. The quantitative estimate of drug-likeness (QED) is 0.810. The fraction of sp³-hybridized carbons (Fsp3) is 0.455. The van der Waals surface area contributed by atoms with E-state index in [1.807, 2.05) is 0 Å². The number of hydrogen-bond donors (Lipinski definition) is 1. The number of carbonyl (C=O) groups is 1. The van der Waals surface area contributed by atoms with Gasteiger partial charge in [-0.2, -0.15) is 18.2 Å². The summed E-state index contributed by atoms with van der Waals surface area (Å²) in [4.78, 5) is 19.3. The van der Waals surface area contributed by atoms with Gasteiger partial charge in [0.1, 0.15) is 6.54 Å². The number of halogens is 3. The number of fused-ring (bicyclic) bond motifs is 1. The standard InChI is InChI=1S/C11H12F3N5O4S/c1-3-18(5-7(20)21)9-8-15-4-6(11(12,13)14)19(8)17-10(16-9)24(2,22)23/h4H,3,5H2,1-2H3,(H,20,21). The first-order chi connectivity index (χ1) is 10.9. The number of rotatable bonds is 5. The highest BCUT2D eigenvalue weighted by atomic mass is 32.2. The highest BCUT2D eigenvalue weighted by molar-refractivity contribution is 7.90. The third-order valence-corrected chi connectivity index (χ3v) is 3.79. The summed E-state index contributed by atoms with van der Waals surface area (Å²) in [7, 11) is -4.04. The van der Waals surface area contributed by atoms with Gasteiger partial charge in [-0.05, 0) is 6.92 Å². The molecule has 0 aliphatic rings. The molecule has 0 saturated carbocycles. The first kappa shape index (κ1) is 17.9. The molecule has 0 radical (unpaired) electrons. The van der Waals surface area contributed by atoms with Gasteiger partial charge < -0.3 is 10.0 Å². The third-order valence-electron chi connectivity index (χ3n) is 2.95. The molecule has 2 heterocycles. The van der Waals surface area contributed by atoms with E-state index >= 15 is 0 Å². The number of carboxylic acid groups (broad SMARTS) is 1. The minimum Gasteiger partial charge on any atom is -0.480 e. The van der Waals surface area contributed by atoms with Crippen LogP contribution in [-0.2, 0) is 20.8 Å². The van der Waals surface area contributed by atoms with E-state index in [4.69, 9.17) is 5.11 Å². The van der Waals surface area contributed by atoms with Gasteiger partial charge in [-0.1, -0.05) is 0 Å². The number of nitrogens with zero attached hydrogens (tertiary/aromatic N) is 5. The van der Waals surface area contributed by atoms with Crippen LogP contribution in [0.5, 0.6) is 0 Å². The van der Waals surface area contributed by atoms with Gasteiger partial charge in [0.15, 0.2) is 17.2 Å². The highest BCUT2D eigenvalue weighted by Gasteiger charge is 2.37. The van der Waals surface area contributed by atoms with Crippen molar-refractivity contribution in [1.29, 1.82) is 0 Å². The van der Waals surface area contributed by atoms with Gasteiger partial charge in [0.25, 0.3) is 5.16 Å². The number of carboxylic acids is 1. The highest BCUT2D eigenvalue weighted by Crippen LogP contribution is 2.31. The maximum absolute atomic E-state index is 13.0. The second-order valence-electron chi connectivity index (χ2n) is 4.77. The van der Waals surface area contributed by atoms with Gasteiger partial charge in [0.2, 0.25) is 9.84 Å². The minimum absolute atomic E-state index is 0.0520. The number of sulfone groups is 1. The van der Waals surface area contributed by atoms with Crippen molar-refractivity contribution >= 4 is 27.3 Å². The van der Waals surface area contributed by atoms with Gasteiger partial charge in [-0.3, -0.25) is 4.79 Å². The summed E-state index contributed by atoms with van der Waals surface area (Å²) in [5, 5.41) is 11.4. The van der Waals surface area contributed by atoms with Crippen LogP contribution >= 0.6 is 0 Å². The number of likely N-dealkylation sites (N-methyl/N-ethyl adjacent to an activating group) is 1. The van der Waals surface area contributed by atoms with Crippen LogP contribution in [0, 0.1) is 0 Å². The first-order valence-corrected chi connectivity index (χ1v) is 8.34. The molecule has 0 spiro atoms. The monoisotopic (exact) mass is 367 g/mol. The number of aliphatic carboxylic acids is 1. The predicted molar refractivity (Wildman–Crippen MR) is 74.4 cm³/mol. The average molecular weight is 367 g/mol. The molecule has 0 aliphatic carbocycles. The lowest BCUT2D eigenvalue weighted by molar-refractivity contribution is -0.142. The van der Waals surface area contributed by atoms with Gasteiger partial charge in [-0.25, -0.2) is 17.9 Å². The Kier molecular flexibility index (Phi) is 4.39. The summed E-state index contributed by atoms with van der Waals surface area (Å²) < 4.78 is 62.7. The molecule has 1 N–H and O–H groups in total. The van der Waals surface area contributed by atoms with Crippen molar-refractivity contribution in [2.45, 2.75) is 18.3 Å². The van der Waals surface area contributed by atoms with Crippen LogP contribution in [0.3, 0.4) is 0 Å². The summed E-state index contributed by atoms with van der Waals surface area (Å²) in [6, 6.07) is 0. The Bertz CT molecular complexity index is 893. The van der Waals surface area contributed by atoms with E-state index in [9.17, 15) is 26.4 Å². The smallest absolute Gasteiger partial charge is 0.435 e. The van der Waals surface area contributed by atoms with Gasteiger partial charge >= 0.3 is 12.1 Å². The van der Waals surface area contributed by atoms with Crippen molar-refractivity contribution in [3.8, 4) is 0 Å². The van der Waals surface area contributed by atoms with E-state index in [0.29, 0.717) is 10.7 Å². The lowest BCUT2D eigenvalue weighted by Crippen LogP contribution is -2.31. The zero-order valence-corrected chi connectivity index (χ0v) is 13.3. The van der Waals surface area contributed by atoms with E-state index in [1.54, 1.807) is 0 Å². The molecule has 2 aromatic heterocycles. The van der Waals surface area contributed by atoms with Crippen LogP contribution in [0.2, 0.25) is 0 Å². The molecule has 0 atom stereocenters. The van der Waals surface area contributed by atoms with E-state index in [2.05, 4.69) is 15.1 Å². The first-order valence-electron chi connectivity index (χ1n) is 6.45. The normalized spacial score (nSPS) is 12.5. The maximum atomic E-state index is 13.0. The van der Waals surface area contributed by atoms with Crippen molar-refractivity contribution < 1.29 is 31.5 Å². The molecule has 0 bridgehead atoms. The average Bonchev–Trinajstić information content (AvgIpc) is 2.86.